The molecule has 4 N–H and O–H groups in total. The Hall–Kier alpha value is -1.82. The van der Waals surface area contributed by atoms with Crippen molar-refractivity contribution in [2.75, 3.05) is 51.3 Å². The fraction of sp³-hybridized carbons (Fsp3) is 0.500. The minimum Gasteiger partial charge on any atom is -0.398 e. The van der Waals surface area contributed by atoms with E-state index >= 15 is 0 Å². The van der Waals surface area contributed by atoms with Crippen LogP contribution in [0.1, 0.15) is 5.56 Å². The molecule has 2 rings (SSSR count). The first-order valence-electron chi connectivity index (χ1n) is 6.07. The maximum absolute atomic E-state index is 8.23. The van der Waals surface area contributed by atoms with Crippen LogP contribution in [0.25, 0.3) is 0 Å². The van der Waals surface area contributed by atoms with Crippen molar-refractivity contribution in [1.29, 1.82) is 5.41 Å². The number of piperazine rings is 1. The van der Waals surface area contributed by atoms with Gasteiger partial charge in [0.05, 0.1) is 5.56 Å². The Labute approximate surface area is 107 Å². The number of pyridine rings is 1. The zero-order valence-corrected chi connectivity index (χ0v) is 10.9. The van der Waals surface area contributed by atoms with Gasteiger partial charge in [0.1, 0.15) is 11.7 Å². The molecular weight excluding hydrogens is 228 g/mol. The van der Waals surface area contributed by atoms with Crippen molar-refractivity contribution in [1.82, 2.24) is 14.8 Å². The summed E-state index contributed by atoms with van der Waals surface area (Å²) < 4.78 is 0. The Morgan fingerprint density at radius 3 is 2.61 bits per heavy atom. The van der Waals surface area contributed by atoms with Crippen molar-refractivity contribution in [3.05, 3.63) is 17.8 Å². The number of amidine groups is 1. The quantitative estimate of drug-likeness (QED) is 0.517. The summed E-state index contributed by atoms with van der Waals surface area (Å²) in [6.45, 7) is 3.68. The van der Waals surface area contributed by atoms with Gasteiger partial charge in [0.2, 0.25) is 0 Å². The lowest BCUT2D eigenvalue weighted by atomic mass is 10.2. The number of rotatable bonds is 2. The van der Waals surface area contributed by atoms with Gasteiger partial charge in [0, 0.05) is 51.2 Å². The Balaban J connectivity index is 2.13. The molecule has 2 heterocycles. The van der Waals surface area contributed by atoms with Gasteiger partial charge in [-0.25, -0.2) is 4.98 Å². The van der Waals surface area contributed by atoms with E-state index in [1.165, 1.54) is 0 Å². The number of aromatic nitrogens is 1. The van der Waals surface area contributed by atoms with Gasteiger partial charge in [0.15, 0.2) is 0 Å². The third-order valence-electron chi connectivity index (χ3n) is 3.27. The fourth-order valence-corrected chi connectivity index (χ4v) is 2.01. The first-order chi connectivity index (χ1) is 8.61. The summed E-state index contributed by atoms with van der Waals surface area (Å²) in [6.07, 6.45) is 1.67. The van der Waals surface area contributed by atoms with Crippen LogP contribution in [0.15, 0.2) is 12.3 Å². The van der Waals surface area contributed by atoms with E-state index < -0.39 is 0 Å². The standard InChI is InChI=1S/C12H20N6/c1-15-11-7-10(13)9(8-16-11)12(14)18-5-3-17(2)4-6-18/h7-8,14H,3-6H2,1-2H3,(H3,13,15,16). The number of nitrogens with zero attached hydrogens (tertiary/aromatic N) is 3. The first kappa shape index (κ1) is 12.6. The highest BCUT2D eigenvalue weighted by Crippen LogP contribution is 2.17. The van der Waals surface area contributed by atoms with Gasteiger partial charge in [-0.05, 0) is 7.05 Å². The minimum absolute atomic E-state index is 0.468. The molecule has 6 heteroatoms. The second-order valence-electron chi connectivity index (χ2n) is 4.55. The molecule has 0 amide bonds. The third-order valence-corrected chi connectivity index (χ3v) is 3.27. The van der Waals surface area contributed by atoms with E-state index in [-0.39, 0.29) is 0 Å². The molecule has 6 nitrogen and oxygen atoms in total. The summed E-state index contributed by atoms with van der Waals surface area (Å²) in [5.41, 5.74) is 7.28. The SMILES string of the molecule is CNc1cc(N)c(C(=N)N2CCN(C)CC2)cn1. The Kier molecular flexibility index (Phi) is 3.66. The lowest BCUT2D eigenvalue weighted by Gasteiger charge is -2.34. The van der Waals surface area contributed by atoms with E-state index in [9.17, 15) is 0 Å². The van der Waals surface area contributed by atoms with Crippen LogP contribution in [0.5, 0.6) is 0 Å². The van der Waals surface area contributed by atoms with Crippen LogP contribution in [0.4, 0.5) is 11.5 Å². The molecule has 98 valence electrons. The lowest BCUT2D eigenvalue weighted by Crippen LogP contribution is -2.47. The molecule has 0 aromatic carbocycles. The molecular formula is C12H20N6. The molecule has 0 unspecified atom stereocenters. The molecule has 0 radical (unpaired) electrons. The monoisotopic (exact) mass is 248 g/mol. The second kappa shape index (κ2) is 5.22. The highest BCUT2D eigenvalue weighted by atomic mass is 15.3. The summed E-state index contributed by atoms with van der Waals surface area (Å²) in [5.74, 6) is 1.19. The molecule has 0 atom stereocenters. The van der Waals surface area contributed by atoms with E-state index in [2.05, 4.69) is 22.2 Å². The van der Waals surface area contributed by atoms with Gasteiger partial charge in [-0.2, -0.15) is 0 Å². The number of anilines is 2. The Morgan fingerprint density at radius 1 is 1.39 bits per heavy atom. The first-order valence-corrected chi connectivity index (χ1v) is 6.07. The zero-order valence-electron chi connectivity index (χ0n) is 10.9. The number of nitrogen functional groups attached to an aromatic ring is 1. The minimum atomic E-state index is 0.468. The van der Waals surface area contributed by atoms with Gasteiger partial charge < -0.3 is 20.9 Å². The molecule has 1 fully saturated rings. The van der Waals surface area contributed by atoms with Gasteiger partial charge in [-0.1, -0.05) is 0 Å². The van der Waals surface area contributed by atoms with E-state index in [0.29, 0.717) is 17.1 Å². The van der Waals surface area contributed by atoms with Gasteiger partial charge >= 0.3 is 0 Å². The summed E-state index contributed by atoms with van der Waals surface area (Å²) in [5, 5.41) is 11.2. The fourth-order valence-electron chi connectivity index (χ4n) is 2.01. The molecule has 1 aliphatic rings. The third kappa shape index (κ3) is 2.53. The topological polar surface area (TPSA) is 81.3 Å². The van der Waals surface area contributed by atoms with Crippen molar-refractivity contribution >= 4 is 17.3 Å². The van der Waals surface area contributed by atoms with Crippen molar-refractivity contribution in [2.45, 2.75) is 0 Å². The largest absolute Gasteiger partial charge is 0.398 e. The molecule has 0 spiro atoms. The zero-order chi connectivity index (χ0) is 13.1. The highest BCUT2D eigenvalue weighted by molar-refractivity contribution is 6.01. The van der Waals surface area contributed by atoms with Crippen LogP contribution in [-0.4, -0.2) is 60.9 Å². The molecule has 1 aromatic heterocycles. The normalized spacial score (nSPS) is 16.7. The van der Waals surface area contributed by atoms with Crippen molar-refractivity contribution < 1.29 is 0 Å². The van der Waals surface area contributed by atoms with Crippen LogP contribution >= 0.6 is 0 Å². The lowest BCUT2D eigenvalue weighted by molar-refractivity contribution is 0.215. The number of hydrogen-bond donors (Lipinski definition) is 3. The van der Waals surface area contributed by atoms with Crippen molar-refractivity contribution in [2.24, 2.45) is 0 Å². The van der Waals surface area contributed by atoms with Crippen LogP contribution < -0.4 is 11.1 Å². The van der Waals surface area contributed by atoms with Crippen molar-refractivity contribution in [3.8, 4) is 0 Å². The molecule has 1 aromatic rings. The molecule has 0 aliphatic carbocycles. The van der Waals surface area contributed by atoms with Gasteiger partial charge in [0.25, 0.3) is 0 Å². The van der Waals surface area contributed by atoms with Crippen LogP contribution in [0, 0.1) is 5.41 Å². The maximum atomic E-state index is 8.23. The average Bonchev–Trinajstić information content (AvgIpc) is 2.38. The molecule has 0 saturated carbocycles. The van der Waals surface area contributed by atoms with Crippen LogP contribution in [0.2, 0.25) is 0 Å². The number of nitrogens with two attached hydrogens (primary N) is 1. The van der Waals surface area contributed by atoms with Gasteiger partial charge in [-0.15, -0.1) is 0 Å². The smallest absolute Gasteiger partial charge is 0.131 e. The van der Waals surface area contributed by atoms with E-state index in [1.54, 1.807) is 19.3 Å². The molecule has 0 bridgehead atoms. The maximum Gasteiger partial charge on any atom is 0.131 e. The number of nitrogens with one attached hydrogen (secondary N) is 2. The van der Waals surface area contributed by atoms with Crippen LogP contribution in [-0.2, 0) is 0 Å². The highest BCUT2D eigenvalue weighted by Gasteiger charge is 2.19. The summed E-state index contributed by atoms with van der Waals surface area (Å²) in [4.78, 5) is 8.53. The molecule has 1 aliphatic heterocycles. The van der Waals surface area contributed by atoms with Gasteiger partial charge in [-0.3, -0.25) is 5.41 Å². The summed E-state index contributed by atoms with van der Waals surface area (Å²) >= 11 is 0. The van der Waals surface area contributed by atoms with E-state index in [1.807, 2.05) is 4.90 Å². The predicted molar refractivity (Wildman–Crippen MR) is 74.1 cm³/mol. The molecule has 1 saturated heterocycles. The molecule has 18 heavy (non-hydrogen) atoms. The van der Waals surface area contributed by atoms with E-state index in [4.69, 9.17) is 11.1 Å². The van der Waals surface area contributed by atoms with E-state index in [0.717, 1.165) is 32.0 Å². The predicted octanol–water partition coefficient (Wildman–Crippen LogP) is 0.278. The average molecular weight is 248 g/mol. The second-order valence-corrected chi connectivity index (χ2v) is 4.55. The Morgan fingerprint density at radius 2 is 2.06 bits per heavy atom. The summed E-state index contributed by atoms with van der Waals surface area (Å²) in [6, 6.07) is 1.76. The number of hydrogen-bond acceptors (Lipinski definition) is 5. The van der Waals surface area contributed by atoms with Crippen LogP contribution in [0.3, 0.4) is 0 Å². The summed E-state index contributed by atoms with van der Waals surface area (Å²) in [7, 11) is 3.89. The Bertz CT molecular complexity index is 436. The number of likely N-dealkylation sites (N-methyl/N-ethyl adjacent to an activating group) is 1. The van der Waals surface area contributed by atoms with Crippen molar-refractivity contribution in [3.63, 3.8) is 0 Å².